The molecule has 0 saturated heterocycles. The zero-order valence-corrected chi connectivity index (χ0v) is 9.24. The van der Waals surface area contributed by atoms with Crippen molar-refractivity contribution in [1.82, 2.24) is 9.97 Å². The molecule has 0 spiro atoms. The van der Waals surface area contributed by atoms with Gasteiger partial charge < -0.3 is 21.5 Å². The van der Waals surface area contributed by atoms with Crippen molar-refractivity contribution < 1.29 is 19.5 Å². The predicted molar refractivity (Wildman–Crippen MR) is 59.6 cm³/mol. The lowest BCUT2D eigenvalue weighted by molar-refractivity contribution is -0.117. The van der Waals surface area contributed by atoms with Crippen molar-refractivity contribution >= 4 is 23.6 Å². The summed E-state index contributed by atoms with van der Waals surface area (Å²) in [4.78, 5) is 40.8. The summed E-state index contributed by atoms with van der Waals surface area (Å²) in [5, 5.41) is 8.64. The number of amides is 2. The Morgan fingerprint density at radius 3 is 2.00 bits per heavy atom. The van der Waals surface area contributed by atoms with Gasteiger partial charge in [-0.25, -0.2) is 14.8 Å². The van der Waals surface area contributed by atoms with Crippen LogP contribution in [0.4, 0.5) is 5.82 Å². The highest BCUT2D eigenvalue weighted by Gasteiger charge is 2.14. The van der Waals surface area contributed by atoms with Crippen LogP contribution in [-0.2, 0) is 9.59 Å². The predicted octanol–water partition coefficient (Wildman–Crippen LogP) is -2.05. The number of aromatic carboxylic acids is 1. The highest BCUT2D eigenvalue weighted by Crippen LogP contribution is 2.08. The number of rotatable bonds is 6. The van der Waals surface area contributed by atoms with E-state index >= 15 is 0 Å². The third-order valence-corrected chi connectivity index (χ3v) is 1.87. The van der Waals surface area contributed by atoms with Crippen molar-refractivity contribution in [3.05, 3.63) is 18.1 Å². The second-order valence-corrected chi connectivity index (χ2v) is 3.35. The molecule has 18 heavy (non-hydrogen) atoms. The van der Waals surface area contributed by atoms with E-state index in [-0.39, 0.29) is 24.6 Å². The quantitative estimate of drug-likeness (QED) is 0.527. The van der Waals surface area contributed by atoms with Gasteiger partial charge >= 0.3 is 5.97 Å². The number of carboxylic acid groups (broad SMARTS) is 1. The molecule has 0 aliphatic heterocycles. The van der Waals surface area contributed by atoms with Crippen LogP contribution in [0.3, 0.4) is 0 Å². The number of anilines is 1. The van der Waals surface area contributed by atoms with Crippen molar-refractivity contribution in [2.45, 2.75) is 0 Å². The smallest absolute Gasteiger partial charge is 0.356 e. The van der Waals surface area contributed by atoms with Crippen LogP contribution in [-0.4, -0.2) is 45.9 Å². The Morgan fingerprint density at radius 1 is 1.11 bits per heavy atom. The molecule has 5 N–H and O–H groups in total. The van der Waals surface area contributed by atoms with Gasteiger partial charge in [-0.05, 0) is 0 Å². The van der Waals surface area contributed by atoms with Crippen LogP contribution in [0, 0.1) is 0 Å². The Morgan fingerprint density at radius 2 is 1.67 bits per heavy atom. The molecule has 0 atom stereocenters. The molecule has 0 aliphatic rings. The van der Waals surface area contributed by atoms with E-state index in [1.54, 1.807) is 0 Å². The third-order valence-electron chi connectivity index (χ3n) is 1.87. The molecule has 0 radical (unpaired) electrons. The summed E-state index contributed by atoms with van der Waals surface area (Å²) < 4.78 is 0. The van der Waals surface area contributed by atoms with Crippen LogP contribution < -0.4 is 16.4 Å². The molecule has 0 bridgehead atoms. The third kappa shape index (κ3) is 3.70. The van der Waals surface area contributed by atoms with Gasteiger partial charge in [0.15, 0.2) is 5.69 Å². The van der Waals surface area contributed by atoms with E-state index in [9.17, 15) is 14.4 Å². The Balaban J connectivity index is 2.93. The van der Waals surface area contributed by atoms with Crippen LogP contribution >= 0.6 is 0 Å². The lowest BCUT2D eigenvalue weighted by atomic mass is 10.4. The zero-order valence-electron chi connectivity index (χ0n) is 9.24. The SMILES string of the molecule is NC(=O)CN(CC(N)=O)c1cnc(C(=O)O)cn1. The van der Waals surface area contributed by atoms with Gasteiger partial charge in [0, 0.05) is 0 Å². The van der Waals surface area contributed by atoms with Gasteiger partial charge in [-0.3, -0.25) is 9.59 Å². The Labute approximate surface area is 101 Å². The number of carbonyl (C=O) groups excluding carboxylic acids is 2. The van der Waals surface area contributed by atoms with E-state index in [1.165, 1.54) is 4.90 Å². The first-order chi connectivity index (χ1) is 8.40. The van der Waals surface area contributed by atoms with Gasteiger partial charge in [-0.1, -0.05) is 0 Å². The first-order valence-electron chi connectivity index (χ1n) is 4.77. The largest absolute Gasteiger partial charge is 0.476 e. The zero-order chi connectivity index (χ0) is 13.7. The van der Waals surface area contributed by atoms with Crippen molar-refractivity contribution in [3.63, 3.8) is 0 Å². The number of carboxylic acids is 1. The van der Waals surface area contributed by atoms with Crippen LogP contribution in [0.5, 0.6) is 0 Å². The number of carbonyl (C=O) groups is 3. The molecule has 9 heteroatoms. The minimum atomic E-state index is -1.23. The summed E-state index contributed by atoms with van der Waals surface area (Å²) in [6.07, 6.45) is 2.13. The maximum absolute atomic E-state index is 10.8. The van der Waals surface area contributed by atoms with Gasteiger partial charge in [0.25, 0.3) is 0 Å². The molecule has 1 aromatic rings. The normalized spacial score (nSPS) is 9.78. The Kier molecular flexibility index (Phi) is 4.13. The topological polar surface area (TPSA) is 152 Å². The van der Waals surface area contributed by atoms with Crippen molar-refractivity contribution in [2.75, 3.05) is 18.0 Å². The maximum atomic E-state index is 10.8. The molecule has 0 unspecified atom stereocenters. The molecule has 1 rings (SSSR count). The molecule has 9 nitrogen and oxygen atoms in total. The summed E-state index contributed by atoms with van der Waals surface area (Å²) in [6.45, 7) is -0.548. The average molecular weight is 253 g/mol. The second kappa shape index (κ2) is 5.57. The molecular weight excluding hydrogens is 242 g/mol. The summed E-state index contributed by atoms with van der Waals surface area (Å²) >= 11 is 0. The Bertz CT molecular complexity index is 456. The fourth-order valence-electron chi connectivity index (χ4n) is 1.19. The molecule has 0 saturated carbocycles. The molecule has 0 aliphatic carbocycles. The number of nitrogens with zero attached hydrogens (tertiary/aromatic N) is 3. The fourth-order valence-corrected chi connectivity index (χ4v) is 1.19. The number of nitrogens with two attached hydrogens (primary N) is 2. The molecule has 0 aromatic carbocycles. The summed E-state index contributed by atoms with van der Waals surface area (Å²) in [5.74, 6) is -2.45. The van der Waals surface area contributed by atoms with E-state index in [2.05, 4.69) is 9.97 Å². The van der Waals surface area contributed by atoms with Gasteiger partial charge in [-0.2, -0.15) is 0 Å². The summed E-state index contributed by atoms with van der Waals surface area (Å²) in [5.41, 5.74) is 9.77. The lowest BCUT2D eigenvalue weighted by Gasteiger charge is -2.19. The molecular formula is C9H11N5O4. The van der Waals surface area contributed by atoms with Crippen LogP contribution in [0.2, 0.25) is 0 Å². The highest BCUT2D eigenvalue weighted by atomic mass is 16.4. The Hall–Kier alpha value is -2.71. The first kappa shape index (κ1) is 13.4. The molecule has 1 aromatic heterocycles. The lowest BCUT2D eigenvalue weighted by Crippen LogP contribution is -2.40. The van der Waals surface area contributed by atoms with Crippen molar-refractivity contribution in [2.24, 2.45) is 11.5 Å². The molecule has 96 valence electrons. The standard InChI is InChI=1S/C9H11N5O4/c10-6(15)3-14(4-7(11)16)8-2-12-5(1-13-8)9(17)18/h1-2H,3-4H2,(H2,10,15)(H2,11,16)(H,17,18). The van der Waals surface area contributed by atoms with E-state index in [0.717, 1.165) is 12.4 Å². The van der Waals surface area contributed by atoms with Gasteiger partial charge in [0.1, 0.15) is 5.82 Å². The van der Waals surface area contributed by atoms with Crippen molar-refractivity contribution in [3.8, 4) is 0 Å². The average Bonchev–Trinajstić information content (AvgIpc) is 2.27. The van der Waals surface area contributed by atoms with Gasteiger partial charge in [0.2, 0.25) is 11.8 Å². The minimum absolute atomic E-state index is 0.137. The minimum Gasteiger partial charge on any atom is -0.476 e. The summed E-state index contributed by atoms with van der Waals surface area (Å²) in [6, 6.07) is 0. The number of hydrogen-bond acceptors (Lipinski definition) is 6. The second-order valence-electron chi connectivity index (χ2n) is 3.35. The molecule has 0 fully saturated rings. The van der Waals surface area contributed by atoms with E-state index in [4.69, 9.17) is 16.6 Å². The number of aromatic nitrogens is 2. The monoisotopic (exact) mass is 253 g/mol. The van der Waals surface area contributed by atoms with Crippen LogP contribution in [0.15, 0.2) is 12.4 Å². The summed E-state index contributed by atoms with van der Waals surface area (Å²) in [7, 11) is 0. The maximum Gasteiger partial charge on any atom is 0.356 e. The van der Waals surface area contributed by atoms with E-state index < -0.39 is 17.8 Å². The molecule has 2 amide bonds. The first-order valence-corrected chi connectivity index (χ1v) is 4.77. The van der Waals surface area contributed by atoms with Gasteiger partial charge in [-0.15, -0.1) is 0 Å². The molecule has 1 heterocycles. The number of hydrogen-bond donors (Lipinski definition) is 3. The fraction of sp³-hybridized carbons (Fsp3) is 0.222. The van der Waals surface area contributed by atoms with E-state index in [0.29, 0.717) is 0 Å². The number of primary amides is 2. The van der Waals surface area contributed by atoms with Gasteiger partial charge in [0.05, 0.1) is 25.5 Å². The van der Waals surface area contributed by atoms with Crippen molar-refractivity contribution in [1.29, 1.82) is 0 Å². The van der Waals surface area contributed by atoms with Crippen LogP contribution in [0.25, 0.3) is 0 Å². The van der Waals surface area contributed by atoms with Crippen LogP contribution in [0.1, 0.15) is 10.5 Å². The van der Waals surface area contributed by atoms with E-state index in [1.807, 2.05) is 0 Å². The highest BCUT2D eigenvalue weighted by molar-refractivity contribution is 5.86.